The first kappa shape index (κ1) is 15.1. The van der Waals surface area contributed by atoms with Crippen LogP contribution in [0, 0.1) is 5.92 Å². The molecule has 1 aliphatic rings. The van der Waals surface area contributed by atoms with Crippen molar-refractivity contribution in [1.29, 1.82) is 0 Å². The Labute approximate surface area is 136 Å². The van der Waals surface area contributed by atoms with Gasteiger partial charge in [-0.25, -0.2) is 0 Å². The van der Waals surface area contributed by atoms with Gasteiger partial charge >= 0.3 is 0 Å². The van der Waals surface area contributed by atoms with Crippen molar-refractivity contribution in [2.45, 2.75) is 25.3 Å². The molecule has 1 fully saturated rings. The number of halogens is 1. The molecule has 22 heavy (non-hydrogen) atoms. The van der Waals surface area contributed by atoms with Crippen molar-refractivity contribution in [3.63, 3.8) is 0 Å². The molecule has 1 saturated carbocycles. The van der Waals surface area contributed by atoms with Crippen LogP contribution in [-0.2, 0) is 4.79 Å². The van der Waals surface area contributed by atoms with Gasteiger partial charge in [-0.15, -0.1) is 0 Å². The second-order valence-electron chi connectivity index (χ2n) is 6.01. The summed E-state index contributed by atoms with van der Waals surface area (Å²) in [5.74, 6) is 0.545. The van der Waals surface area contributed by atoms with Crippen LogP contribution in [0.4, 0.5) is 0 Å². The molecule has 0 saturated heterocycles. The van der Waals surface area contributed by atoms with E-state index >= 15 is 0 Å². The van der Waals surface area contributed by atoms with Gasteiger partial charge < -0.3 is 4.90 Å². The molecule has 1 amide bonds. The standard InChI is InChI=1S/C19H20ClNO/c1-13(14-8-4-3-5-9-14)21(2)19(22)17-12-16(17)15-10-6-7-11-18(15)20/h3-11,13,16-17H,12H2,1-2H3. The highest BCUT2D eigenvalue weighted by Crippen LogP contribution is 2.50. The maximum absolute atomic E-state index is 12.7. The number of carbonyl (C=O) groups is 1. The lowest BCUT2D eigenvalue weighted by molar-refractivity contribution is -0.133. The Kier molecular flexibility index (Phi) is 4.21. The minimum absolute atomic E-state index is 0.0658. The molecule has 0 heterocycles. The lowest BCUT2D eigenvalue weighted by Gasteiger charge is -2.25. The Bertz CT molecular complexity index is 670. The molecule has 2 aromatic carbocycles. The van der Waals surface area contributed by atoms with Crippen LogP contribution in [0.1, 0.15) is 36.4 Å². The van der Waals surface area contributed by atoms with E-state index < -0.39 is 0 Å². The number of rotatable bonds is 4. The van der Waals surface area contributed by atoms with Gasteiger partial charge in [0.05, 0.1) is 6.04 Å². The van der Waals surface area contributed by atoms with E-state index in [1.54, 1.807) is 0 Å². The predicted molar refractivity (Wildman–Crippen MR) is 89.9 cm³/mol. The first-order valence-corrected chi connectivity index (χ1v) is 8.03. The number of benzene rings is 2. The highest BCUT2D eigenvalue weighted by molar-refractivity contribution is 6.31. The number of amides is 1. The van der Waals surface area contributed by atoms with E-state index in [4.69, 9.17) is 11.6 Å². The molecule has 0 spiro atoms. The van der Waals surface area contributed by atoms with Crippen LogP contribution in [0.5, 0.6) is 0 Å². The Morgan fingerprint density at radius 2 is 1.77 bits per heavy atom. The fraction of sp³-hybridized carbons (Fsp3) is 0.316. The minimum Gasteiger partial charge on any atom is -0.339 e. The van der Waals surface area contributed by atoms with Crippen molar-refractivity contribution in [3.05, 3.63) is 70.7 Å². The van der Waals surface area contributed by atoms with E-state index in [2.05, 4.69) is 19.1 Å². The van der Waals surface area contributed by atoms with Gasteiger partial charge in [-0.3, -0.25) is 4.79 Å². The molecular weight excluding hydrogens is 294 g/mol. The van der Waals surface area contributed by atoms with Crippen LogP contribution >= 0.6 is 11.6 Å². The zero-order valence-corrected chi connectivity index (χ0v) is 13.6. The normalized spacial score (nSPS) is 21.2. The third kappa shape index (κ3) is 2.89. The summed E-state index contributed by atoms with van der Waals surface area (Å²) in [6, 6.07) is 18.1. The molecule has 2 aromatic rings. The fourth-order valence-corrected chi connectivity index (χ4v) is 3.27. The largest absolute Gasteiger partial charge is 0.339 e. The second kappa shape index (κ2) is 6.13. The quantitative estimate of drug-likeness (QED) is 0.803. The molecule has 0 radical (unpaired) electrons. The van der Waals surface area contributed by atoms with Crippen LogP contribution in [0.15, 0.2) is 54.6 Å². The Morgan fingerprint density at radius 1 is 1.14 bits per heavy atom. The summed E-state index contributed by atoms with van der Waals surface area (Å²) in [4.78, 5) is 14.6. The number of hydrogen-bond acceptors (Lipinski definition) is 1. The van der Waals surface area contributed by atoms with Gasteiger partial charge in [0, 0.05) is 18.0 Å². The van der Waals surface area contributed by atoms with Gasteiger partial charge in [0.25, 0.3) is 0 Å². The summed E-state index contributed by atoms with van der Waals surface area (Å²) in [5.41, 5.74) is 2.26. The van der Waals surface area contributed by atoms with Gasteiger partial charge in [-0.05, 0) is 36.5 Å². The van der Waals surface area contributed by atoms with Gasteiger partial charge in [0.15, 0.2) is 0 Å². The maximum Gasteiger partial charge on any atom is 0.226 e. The van der Waals surface area contributed by atoms with Crippen molar-refractivity contribution in [2.24, 2.45) is 5.92 Å². The molecular formula is C19H20ClNO. The van der Waals surface area contributed by atoms with Crippen LogP contribution < -0.4 is 0 Å². The van der Waals surface area contributed by atoms with Gasteiger partial charge in [-0.2, -0.15) is 0 Å². The van der Waals surface area contributed by atoms with E-state index in [0.717, 1.165) is 22.6 Å². The Hall–Kier alpha value is -1.80. The van der Waals surface area contributed by atoms with Crippen LogP contribution in [0.3, 0.4) is 0 Å². The SMILES string of the molecule is CC(c1ccccc1)N(C)C(=O)C1CC1c1ccccc1Cl. The van der Waals surface area contributed by atoms with E-state index in [1.165, 1.54) is 0 Å². The summed E-state index contributed by atoms with van der Waals surface area (Å²) in [6.45, 7) is 2.07. The molecule has 114 valence electrons. The third-order valence-corrected chi connectivity index (χ3v) is 4.97. The molecule has 2 nitrogen and oxygen atoms in total. The van der Waals surface area contributed by atoms with E-state index in [9.17, 15) is 4.79 Å². The van der Waals surface area contributed by atoms with E-state index in [-0.39, 0.29) is 23.8 Å². The molecule has 3 atom stereocenters. The van der Waals surface area contributed by atoms with E-state index in [0.29, 0.717) is 0 Å². The molecule has 0 N–H and O–H groups in total. The molecule has 0 bridgehead atoms. The van der Waals surface area contributed by atoms with Crippen molar-refractivity contribution in [2.75, 3.05) is 7.05 Å². The molecule has 0 aliphatic heterocycles. The summed E-state index contributed by atoms with van der Waals surface area (Å²) in [5, 5.41) is 0.765. The predicted octanol–water partition coefficient (Wildman–Crippen LogP) is 4.66. The van der Waals surface area contributed by atoms with Gasteiger partial charge in [-0.1, -0.05) is 60.1 Å². The highest BCUT2D eigenvalue weighted by atomic mass is 35.5. The smallest absolute Gasteiger partial charge is 0.226 e. The Balaban J connectivity index is 1.69. The van der Waals surface area contributed by atoms with Crippen molar-refractivity contribution in [1.82, 2.24) is 4.90 Å². The van der Waals surface area contributed by atoms with Crippen LogP contribution in [-0.4, -0.2) is 17.9 Å². The lowest BCUT2D eigenvalue weighted by atomic mass is 10.1. The summed E-state index contributed by atoms with van der Waals surface area (Å²) in [6.07, 6.45) is 0.897. The second-order valence-corrected chi connectivity index (χ2v) is 6.41. The van der Waals surface area contributed by atoms with Crippen LogP contribution in [0.25, 0.3) is 0 Å². The topological polar surface area (TPSA) is 20.3 Å². The first-order valence-electron chi connectivity index (χ1n) is 7.65. The number of hydrogen-bond donors (Lipinski definition) is 0. The first-order chi connectivity index (χ1) is 10.6. The minimum atomic E-state index is 0.0658. The number of nitrogens with zero attached hydrogens (tertiary/aromatic N) is 1. The van der Waals surface area contributed by atoms with Crippen molar-refractivity contribution < 1.29 is 4.79 Å². The average molecular weight is 314 g/mol. The maximum atomic E-state index is 12.7. The molecule has 1 aliphatic carbocycles. The zero-order chi connectivity index (χ0) is 15.7. The Morgan fingerprint density at radius 3 is 2.45 bits per heavy atom. The van der Waals surface area contributed by atoms with Crippen LogP contribution in [0.2, 0.25) is 5.02 Å². The average Bonchev–Trinajstić information content (AvgIpc) is 3.34. The molecule has 0 aromatic heterocycles. The molecule has 3 unspecified atom stereocenters. The summed E-state index contributed by atoms with van der Waals surface area (Å²) in [7, 11) is 1.89. The van der Waals surface area contributed by atoms with Crippen molar-refractivity contribution >= 4 is 17.5 Å². The summed E-state index contributed by atoms with van der Waals surface area (Å²) < 4.78 is 0. The molecule has 3 heteroatoms. The fourth-order valence-electron chi connectivity index (χ4n) is 3.00. The number of carbonyl (C=O) groups excluding carboxylic acids is 1. The third-order valence-electron chi connectivity index (χ3n) is 4.62. The van der Waals surface area contributed by atoms with Crippen molar-refractivity contribution in [3.8, 4) is 0 Å². The van der Waals surface area contributed by atoms with E-state index in [1.807, 2.05) is 54.4 Å². The lowest BCUT2D eigenvalue weighted by Crippen LogP contribution is -2.31. The molecule has 3 rings (SSSR count). The van der Waals surface area contributed by atoms with Gasteiger partial charge in [0.1, 0.15) is 0 Å². The highest BCUT2D eigenvalue weighted by Gasteiger charge is 2.46. The van der Waals surface area contributed by atoms with Gasteiger partial charge in [0.2, 0.25) is 5.91 Å². The monoisotopic (exact) mass is 313 g/mol. The zero-order valence-electron chi connectivity index (χ0n) is 12.9. The summed E-state index contributed by atoms with van der Waals surface area (Å²) >= 11 is 6.24.